The molecular formula is C13H20N2O. The number of anilines is 1. The Kier molecular flexibility index (Phi) is 3.15. The van der Waals surface area contributed by atoms with Crippen LogP contribution in [0.5, 0.6) is 0 Å². The van der Waals surface area contributed by atoms with Crippen LogP contribution in [0, 0.1) is 6.92 Å². The molecule has 2 heterocycles. The summed E-state index contributed by atoms with van der Waals surface area (Å²) in [5, 5.41) is 3.52. The van der Waals surface area contributed by atoms with E-state index in [0.29, 0.717) is 6.04 Å². The van der Waals surface area contributed by atoms with Gasteiger partial charge in [0.2, 0.25) is 0 Å². The fraction of sp³-hybridized carbons (Fsp3) is 0.615. The quantitative estimate of drug-likeness (QED) is 0.832. The molecule has 0 spiro atoms. The number of pyridine rings is 1. The molecule has 1 aliphatic heterocycles. The molecule has 1 aromatic rings. The maximum atomic E-state index is 5.70. The van der Waals surface area contributed by atoms with Crippen molar-refractivity contribution in [2.24, 2.45) is 0 Å². The molecule has 3 nitrogen and oxygen atoms in total. The van der Waals surface area contributed by atoms with E-state index in [1.165, 1.54) is 0 Å². The fourth-order valence-corrected chi connectivity index (χ4v) is 2.14. The molecule has 1 aliphatic rings. The average molecular weight is 220 g/mol. The standard InChI is InChI=1S/C13H20N2O/c1-10-4-5-12(9-14-10)15-11-6-7-16-13(2,3)8-11/h4-5,9,11,15H,6-8H2,1-3H3. The molecule has 1 saturated heterocycles. The van der Waals surface area contributed by atoms with Crippen molar-refractivity contribution < 1.29 is 4.74 Å². The van der Waals surface area contributed by atoms with Crippen LogP contribution in [0.1, 0.15) is 32.4 Å². The van der Waals surface area contributed by atoms with E-state index in [-0.39, 0.29) is 5.60 Å². The van der Waals surface area contributed by atoms with Gasteiger partial charge in [0.1, 0.15) is 0 Å². The lowest BCUT2D eigenvalue weighted by Gasteiger charge is -2.36. The maximum Gasteiger partial charge on any atom is 0.0646 e. The van der Waals surface area contributed by atoms with E-state index in [2.05, 4.69) is 30.2 Å². The number of ether oxygens (including phenoxy) is 1. The van der Waals surface area contributed by atoms with E-state index in [4.69, 9.17) is 4.74 Å². The first-order chi connectivity index (χ1) is 7.55. The smallest absolute Gasteiger partial charge is 0.0646 e. The summed E-state index contributed by atoms with van der Waals surface area (Å²) in [6, 6.07) is 4.62. The molecule has 1 fully saturated rings. The van der Waals surface area contributed by atoms with Gasteiger partial charge < -0.3 is 10.1 Å². The zero-order chi connectivity index (χ0) is 11.6. The van der Waals surface area contributed by atoms with E-state index in [1.54, 1.807) is 0 Å². The van der Waals surface area contributed by atoms with Crippen molar-refractivity contribution in [1.29, 1.82) is 0 Å². The highest BCUT2D eigenvalue weighted by molar-refractivity contribution is 5.42. The van der Waals surface area contributed by atoms with Gasteiger partial charge in [-0.2, -0.15) is 0 Å². The van der Waals surface area contributed by atoms with Crippen LogP contribution in [0.15, 0.2) is 18.3 Å². The Hall–Kier alpha value is -1.09. The number of nitrogens with zero attached hydrogens (tertiary/aromatic N) is 1. The minimum atomic E-state index is -0.00591. The zero-order valence-corrected chi connectivity index (χ0v) is 10.3. The van der Waals surface area contributed by atoms with Crippen LogP contribution in [0.4, 0.5) is 5.69 Å². The van der Waals surface area contributed by atoms with Crippen molar-refractivity contribution in [2.45, 2.75) is 45.3 Å². The summed E-state index contributed by atoms with van der Waals surface area (Å²) in [6.45, 7) is 7.13. The molecule has 1 aromatic heterocycles. The summed E-state index contributed by atoms with van der Waals surface area (Å²) in [5.74, 6) is 0. The molecule has 16 heavy (non-hydrogen) atoms. The molecule has 0 aromatic carbocycles. The zero-order valence-electron chi connectivity index (χ0n) is 10.3. The summed E-state index contributed by atoms with van der Waals surface area (Å²) in [6.07, 6.45) is 4.01. The van der Waals surface area contributed by atoms with E-state index >= 15 is 0 Å². The van der Waals surface area contributed by atoms with Crippen LogP contribution in [-0.2, 0) is 4.74 Å². The highest BCUT2D eigenvalue weighted by Crippen LogP contribution is 2.26. The summed E-state index contributed by atoms with van der Waals surface area (Å²) >= 11 is 0. The predicted octanol–water partition coefficient (Wildman–Crippen LogP) is 2.76. The van der Waals surface area contributed by atoms with Crippen LogP contribution < -0.4 is 5.32 Å². The maximum absolute atomic E-state index is 5.70. The van der Waals surface area contributed by atoms with Gasteiger partial charge in [0.05, 0.1) is 17.5 Å². The van der Waals surface area contributed by atoms with Crippen molar-refractivity contribution >= 4 is 5.69 Å². The minimum absolute atomic E-state index is 0.00591. The molecular weight excluding hydrogens is 200 g/mol. The highest BCUT2D eigenvalue weighted by atomic mass is 16.5. The Balaban J connectivity index is 1.97. The van der Waals surface area contributed by atoms with E-state index in [1.807, 2.05) is 19.2 Å². The SMILES string of the molecule is Cc1ccc(NC2CCOC(C)(C)C2)cn1. The Labute approximate surface area is 97.2 Å². The Morgan fingerprint density at radius 3 is 2.88 bits per heavy atom. The van der Waals surface area contributed by atoms with Crippen molar-refractivity contribution in [3.8, 4) is 0 Å². The van der Waals surface area contributed by atoms with Gasteiger partial charge in [0, 0.05) is 18.3 Å². The highest BCUT2D eigenvalue weighted by Gasteiger charge is 2.28. The van der Waals surface area contributed by atoms with Crippen LogP contribution in [0.3, 0.4) is 0 Å². The molecule has 0 amide bonds. The van der Waals surface area contributed by atoms with Crippen LogP contribution >= 0.6 is 0 Å². The van der Waals surface area contributed by atoms with Gasteiger partial charge in [-0.05, 0) is 45.7 Å². The van der Waals surface area contributed by atoms with Gasteiger partial charge >= 0.3 is 0 Å². The van der Waals surface area contributed by atoms with Gasteiger partial charge in [-0.15, -0.1) is 0 Å². The third-order valence-corrected chi connectivity index (χ3v) is 2.98. The first kappa shape index (κ1) is 11.4. The summed E-state index contributed by atoms with van der Waals surface area (Å²) in [4.78, 5) is 4.29. The number of aromatic nitrogens is 1. The molecule has 0 radical (unpaired) electrons. The second-order valence-corrected chi connectivity index (χ2v) is 5.13. The van der Waals surface area contributed by atoms with E-state index < -0.39 is 0 Å². The van der Waals surface area contributed by atoms with Gasteiger partial charge in [0.15, 0.2) is 0 Å². The van der Waals surface area contributed by atoms with Crippen molar-refractivity contribution in [2.75, 3.05) is 11.9 Å². The number of rotatable bonds is 2. The lowest BCUT2D eigenvalue weighted by Crippen LogP contribution is -2.40. The third kappa shape index (κ3) is 2.95. The third-order valence-electron chi connectivity index (χ3n) is 2.98. The normalized spacial score (nSPS) is 24.1. The van der Waals surface area contributed by atoms with Gasteiger partial charge in [-0.25, -0.2) is 0 Å². The molecule has 3 heteroatoms. The Morgan fingerprint density at radius 2 is 2.25 bits per heavy atom. The van der Waals surface area contributed by atoms with Gasteiger partial charge in [-0.1, -0.05) is 0 Å². The number of hydrogen-bond acceptors (Lipinski definition) is 3. The number of aryl methyl sites for hydroxylation is 1. The lowest BCUT2D eigenvalue weighted by molar-refractivity contribution is -0.0553. The van der Waals surface area contributed by atoms with Crippen molar-refractivity contribution in [3.05, 3.63) is 24.0 Å². The molecule has 0 aliphatic carbocycles. The van der Waals surface area contributed by atoms with E-state index in [9.17, 15) is 0 Å². The second kappa shape index (κ2) is 4.42. The van der Waals surface area contributed by atoms with Crippen LogP contribution in [-0.4, -0.2) is 23.2 Å². The molecule has 88 valence electrons. The molecule has 1 unspecified atom stereocenters. The molecule has 2 rings (SSSR count). The van der Waals surface area contributed by atoms with Crippen LogP contribution in [0.25, 0.3) is 0 Å². The average Bonchev–Trinajstić information content (AvgIpc) is 2.20. The van der Waals surface area contributed by atoms with E-state index in [0.717, 1.165) is 30.8 Å². The number of nitrogens with one attached hydrogen (secondary N) is 1. The lowest BCUT2D eigenvalue weighted by atomic mass is 9.94. The summed E-state index contributed by atoms with van der Waals surface area (Å²) in [5.41, 5.74) is 2.15. The molecule has 0 bridgehead atoms. The van der Waals surface area contributed by atoms with Crippen LogP contribution in [0.2, 0.25) is 0 Å². The fourth-order valence-electron chi connectivity index (χ4n) is 2.14. The summed E-state index contributed by atoms with van der Waals surface area (Å²) < 4.78 is 5.70. The second-order valence-electron chi connectivity index (χ2n) is 5.13. The van der Waals surface area contributed by atoms with Crippen molar-refractivity contribution in [3.63, 3.8) is 0 Å². The monoisotopic (exact) mass is 220 g/mol. The molecule has 1 atom stereocenters. The topological polar surface area (TPSA) is 34.1 Å². The Morgan fingerprint density at radius 1 is 1.44 bits per heavy atom. The first-order valence-corrected chi connectivity index (χ1v) is 5.88. The Bertz CT molecular complexity index is 345. The number of hydrogen-bond donors (Lipinski definition) is 1. The minimum Gasteiger partial charge on any atom is -0.381 e. The largest absolute Gasteiger partial charge is 0.381 e. The molecule has 0 saturated carbocycles. The van der Waals surface area contributed by atoms with Crippen molar-refractivity contribution in [1.82, 2.24) is 4.98 Å². The van der Waals surface area contributed by atoms with Gasteiger partial charge in [-0.3, -0.25) is 4.98 Å². The summed E-state index contributed by atoms with van der Waals surface area (Å²) in [7, 11) is 0. The molecule has 1 N–H and O–H groups in total. The first-order valence-electron chi connectivity index (χ1n) is 5.88. The predicted molar refractivity (Wildman–Crippen MR) is 65.6 cm³/mol. The van der Waals surface area contributed by atoms with Gasteiger partial charge in [0.25, 0.3) is 0 Å².